The average Bonchev–Trinajstić information content (AvgIpc) is 3.37. The summed E-state index contributed by atoms with van der Waals surface area (Å²) >= 11 is 6.04. The van der Waals surface area contributed by atoms with Crippen molar-refractivity contribution >= 4 is 35.2 Å². The van der Waals surface area contributed by atoms with Crippen LogP contribution in [0.2, 0.25) is 5.02 Å². The Hall–Kier alpha value is -4.53. The second kappa shape index (κ2) is 12.3. The van der Waals surface area contributed by atoms with Gasteiger partial charge < -0.3 is 25.0 Å². The molecule has 1 heterocycles. The number of aliphatic carboxylic acids is 1. The van der Waals surface area contributed by atoms with Crippen LogP contribution >= 0.6 is 11.6 Å². The predicted molar refractivity (Wildman–Crippen MR) is 123 cm³/mol. The van der Waals surface area contributed by atoms with Gasteiger partial charge in [0.1, 0.15) is 18.7 Å². The third-order valence-corrected chi connectivity index (χ3v) is 5.32. The molecule has 3 N–H and O–H groups in total. The number of aromatic nitrogens is 2. The summed E-state index contributed by atoms with van der Waals surface area (Å²) in [5.41, 5.74) is 0.342. The quantitative estimate of drug-likeness (QED) is 0.232. The van der Waals surface area contributed by atoms with Gasteiger partial charge in [-0.25, -0.2) is 8.78 Å². The maximum atomic E-state index is 13.8. The molecule has 2 atom stereocenters. The van der Waals surface area contributed by atoms with E-state index >= 15 is 0 Å². The highest BCUT2D eigenvalue weighted by Gasteiger charge is 2.29. The number of rotatable bonds is 11. The predicted octanol–water partition coefficient (Wildman–Crippen LogP) is 2.67. The molecule has 206 valence electrons. The van der Waals surface area contributed by atoms with Crippen molar-refractivity contribution in [1.82, 2.24) is 20.8 Å². The number of Topliss-reactive ketones (excluding diaryl/α,β-unsaturated/α-hetero) is 1. The molecule has 0 bridgehead atoms. The Morgan fingerprint density at radius 3 is 2.33 bits per heavy atom. The molecule has 11 nitrogen and oxygen atoms in total. The van der Waals surface area contributed by atoms with Crippen LogP contribution in [-0.2, 0) is 14.4 Å². The number of nitrogens with zero attached hydrogens (tertiary/aromatic N) is 2. The fourth-order valence-corrected chi connectivity index (χ4v) is 3.24. The van der Waals surface area contributed by atoms with Gasteiger partial charge in [0.25, 0.3) is 17.6 Å². The Labute approximate surface area is 221 Å². The van der Waals surface area contributed by atoms with E-state index < -0.39 is 83.5 Å². The number of halogens is 5. The third-order valence-electron chi connectivity index (χ3n) is 4.99. The molecule has 2 aromatic carbocycles. The molecule has 39 heavy (non-hydrogen) atoms. The minimum absolute atomic E-state index is 0.0747. The van der Waals surface area contributed by atoms with Gasteiger partial charge in [0.15, 0.2) is 23.2 Å². The average molecular weight is 573 g/mol. The lowest BCUT2D eigenvalue weighted by Gasteiger charge is -2.19. The van der Waals surface area contributed by atoms with Crippen molar-refractivity contribution in [3.05, 3.63) is 64.4 Å². The second-order valence-corrected chi connectivity index (χ2v) is 8.22. The molecule has 1 aromatic heterocycles. The molecular weight excluding hydrogens is 556 g/mol. The van der Waals surface area contributed by atoms with Crippen LogP contribution in [-0.4, -0.2) is 57.5 Å². The van der Waals surface area contributed by atoms with Gasteiger partial charge in [-0.3, -0.25) is 19.2 Å². The first kappa shape index (κ1) is 29.0. The lowest BCUT2D eigenvalue weighted by Crippen LogP contribution is -2.51. The smallest absolute Gasteiger partial charge is 0.305 e. The minimum atomic E-state index is -1.92. The number of hydrogen-bond acceptors (Lipinski definition) is 8. The summed E-state index contributed by atoms with van der Waals surface area (Å²) < 4.78 is 63.7. The van der Waals surface area contributed by atoms with Crippen molar-refractivity contribution in [2.45, 2.75) is 25.4 Å². The number of ether oxygens (including phenoxy) is 1. The van der Waals surface area contributed by atoms with Crippen molar-refractivity contribution in [1.29, 1.82) is 0 Å². The van der Waals surface area contributed by atoms with E-state index in [9.17, 15) is 36.7 Å². The van der Waals surface area contributed by atoms with E-state index in [1.165, 1.54) is 6.92 Å². The molecule has 0 radical (unpaired) electrons. The summed E-state index contributed by atoms with van der Waals surface area (Å²) in [5.74, 6) is -14.3. The Kier molecular flexibility index (Phi) is 9.19. The normalized spacial score (nSPS) is 12.4. The molecule has 0 aliphatic heterocycles. The van der Waals surface area contributed by atoms with Gasteiger partial charge in [-0.05, 0) is 19.1 Å². The number of carboxylic acids is 1. The number of amides is 2. The third kappa shape index (κ3) is 7.07. The summed E-state index contributed by atoms with van der Waals surface area (Å²) in [6.45, 7) is -0.0786. The Balaban J connectivity index is 1.64. The van der Waals surface area contributed by atoms with Gasteiger partial charge in [-0.15, -0.1) is 0 Å². The van der Waals surface area contributed by atoms with Crippen LogP contribution < -0.4 is 15.4 Å². The van der Waals surface area contributed by atoms with Crippen molar-refractivity contribution in [2.75, 3.05) is 6.61 Å². The molecule has 0 saturated heterocycles. The molecular formula is C23H17ClF4N4O7. The van der Waals surface area contributed by atoms with Gasteiger partial charge in [0, 0.05) is 6.07 Å². The zero-order chi connectivity index (χ0) is 28.9. The van der Waals surface area contributed by atoms with E-state index in [2.05, 4.69) is 25.5 Å². The molecule has 3 aromatic rings. The van der Waals surface area contributed by atoms with Crippen molar-refractivity contribution in [3.63, 3.8) is 0 Å². The molecule has 3 rings (SSSR count). The highest BCUT2D eigenvalue weighted by atomic mass is 35.5. The maximum Gasteiger partial charge on any atom is 0.305 e. The number of nitrogens with one attached hydrogen (secondary N) is 2. The van der Waals surface area contributed by atoms with Gasteiger partial charge in [-0.1, -0.05) is 28.9 Å². The van der Waals surface area contributed by atoms with E-state index in [1.807, 2.05) is 0 Å². The highest BCUT2D eigenvalue weighted by molar-refractivity contribution is 6.33. The van der Waals surface area contributed by atoms with Crippen LogP contribution in [0.25, 0.3) is 11.5 Å². The van der Waals surface area contributed by atoms with Gasteiger partial charge in [0.2, 0.25) is 17.5 Å². The van der Waals surface area contributed by atoms with E-state index in [0.29, 0.717) is 5.56 Å². The van der Waals surface area contributed by atoms with Crippen molar-refractivity contribution < 1.29 is 51.1 Å². The lowest BCUT2D eigenvalue weighted by atomic mass is 10.1. The summed E-state index contributed by atoms with van der Waals surface area (Å²) in [6, 6.07) is 3.15. The number of hydrogen-bond donors (Lipinski definition) is 3. The van der Waals surface area contributed by atoms with Crippen LogP contribution in [0.3, 0.4) is 0 Å². The first-order valence-electron chi connectivity index (χ1n) is 10.8. The Morgan fingerprint density at radius 1 is 1.08 bits per heavy atom. The van der Waals surface area contributed by atoms with Crippen LogP contribution in [0.1, 0.15) is 24.0 Å². The number of carboxylic acid groups (broad SMARTS) is 1. The van der Waals surface area contributed by atoms with Crippen LogP contribution in [0, 0.1) is 23.3 Å². The van der Waals surface area contributed by atoms with Crippen LogP contribution in [0.15, 0.2) is 34.9 Å². The van der Waals surface area contributed by atoms with Gasteiger partial charge in [0.05, 0.1) is 17.0 Å². The number of carbonyl (C=O) groups excluding carboxylic acids is 3. The molecule has 0 aliphatic rings. The molecule has 0 fully saturated rings. The molecule has 2 amide bonds. The largest absolute Gasteiger partial charge is 0.481 e. The van der Waals surface area contributed by atoms with Crippen LogP contribution in [0.4, 0.5) is 17.6 Å². The fourth-order valence-electron chi connectivity index (χ4n) is 3.03. The topological polar surface area (TPSA) is 161 Å². The number of carbonyl (C=O) groups is 4. The first-order valence-corrected chi connectivity index (χ1v) is 11.2. The van der Waals surface area contributed by atoms with E-state index in [4.69, 9.17) is 21.2 Å². The number of ketones is 1. The highest BCUT2D eigenvalue weighted by Crippen LogP contribution is 2.27. The zero-order valence-electron chi connectivity index (χ0n) is 19.6. The summed E-state index contributed by atoms with van der Waals surface area (Å²) in [5, 5.41) is 17.1. The molecule has 0 saturated carbocycles. The zero-order valence-corrected chi connectivity index (χ0v) is 20.4. The summed E-state index contributed by atoms with van der Waals surface area (Å²) in [6.07, 6.45) is -0.997. The lowest BCUT2D eigenvalue weighted by molar-refractivity contribution is -0.140. The number of benzene rings is 2. The minimum Gasteiger partial charge on any atom is -0.481 e. The standard InChI is InChI=1S/C23H17ClF4N4O7/c1-9(29-22(37)20-31-23(39-32-20)10-4-2-3-5-11(10)24)21(36)30-14(7-16(34)35)15(33)8-38-19-17(27)12(25)6-13(26)18(19)28/h2-6,9,14H,7-8H2,1H3,(H,29,37)(H,30,36)(H,34,35)/t9-,14-/m0/s1. The monoisotopic (exact) mass is 572 g/mol. The fraction of sp³-hybridized carbons (Fsp3) is 0.217. The second-order valence-electron chi connectivity index (χ2n) is 7.81. The summed E-state index contributed by atoms with van der Waals surface area (Å²) in [7, 11) is 0. The molecule has 16 heteroatoms. The van der Waals surface area contributed by atoms with E-state index in [-0.39, 0.29) is 17.0 Å². The Bertz CT molecular complexity index is 1410. The van der Waals surface area contributed by atoms with Crippen molar-refractivity contribution in [2.24, 2.45) is 0 Å². The molecule has 0 unspecified atom stereocenters. The first-order chi connectivity index (χ1) is 18.4. The Morgan fingerprint density at radius 2 is 1.72 bits per heavy atom. The molecule has 0 spiro atoms. The van der Waals surface area contributed by atoms with Gasteiger partial charge in [-0.2, -0.15) is 13.8 Å². The van der Waals surface area contributed by atoms with Crippen LogP contribution in [0.5, 0.6) is 5.75 Å². The maximum absolute atomic E-state index is 13.8. The SMILES string of the molecule is C[C@H](NC(=O)c1noc(-c2ccccc2Cl)n1)C(=O)N[C@@H](CC(=O)O)C(=O)COc1c(F)c(F)cc(F)c1F. The van der Waals surface area contributed by atoms with Crippen molar-refractivity contribution in [3.8, 4) is 17.2 Å². The molecule has 0 aliphatic carbocycles. The van der Waals surface area contributed by atoms with Gasteiger partial charge >= 0.3 is 5.97 Å². The van der Waals surface area contributed by atoms with E-state index in [1.54, 1.807) is 24.3 Å². The summed E-state index contributed by atoms with van der Waals surface area (Å²) in [4.78, 5) is 52.5. The van der Waals surface area contributed by atoms with E-state index in [0.717, 1.165) is 0 Å².